The van der Waals surface area contributed by atoms with Crippen molar-refractivity contribution in [3.8, 4) is 17.2 Å². The number of rotatable bonds is 5. The van der Waals surface area contributed by atoms with Crippen LogP contribution in [-0.4, -0.2) is 26.9 Å². The van der Waals surface area contributed by atoms with Crippen LogP contribution in [0.25, 0.3) is 0 Å². The minimum absolute atomic E-state index is 0.0657. The van der Waals surface area contributed by atoms with Crippen molar-refractivity contribution in [2.24, 2.45) is 0 Å². The van der Waals surface area contributed by atoms with Gasteiger partial charge in [-0.2, -0.15) is 0 Å². The maximum atomic E-state index is 6.04. The summed E-state index contributed by atoms with van der Waals surface area (Å²) in [5.74, 6) is 2.17. The van der Waals surface area contributed by atoms with E-state index in [-0.39, 0.29) is 11.6 Å². The Bertz CT molecular complexity index is 465. The highest BCUT2D eigenvalue weighted by atomic mass is 16.5. The van der Waals surface area contributed by atoms with Crippen LogP contribution < -0.4 is 19.5 Å². The van der Waals surface area contributed by atoms with Crippen LogP contribution >= 0.6 is 0 Å². The third-order valence-corrected chi connectivity index (χ3v) is 3.82. The van der Waals surface area contributed by atoms with Gasteiger partial charge in [0.15, 0.2) is 11.5 Å². The Morgan fingerprint density at radius 1 is 1.15 bits per heavy atom. The van der Waals surface area contributed by atoms with Crippen LogP contribution in [0.3, 0.4) is 0 Å². The van der Waals surface area contributed by atoms with Crippen LogP contribution in [0.4, 0.5) is 0 Å². The Morgan fingerprint density at radius 2 is 1.90 bits per heavy atom. The summed E-state index contributed by atoms with van der Waals surface area (Å²) in [5.41, 5.74) is 1.07. The van der Waals surface area contributed by atoms with Gasteiger partial charge in [0.1, 0.15) is 0 Å². The van der Waals surface area contributed by atoms with Crippen LogP contribution in [0.1, 0.15) is 39.2 Å². The van der Waals surface area contributed by atoms with Gasteiger partial charge in [-0.25, -0.2) is 0 Å². The Morgan fingerprint density at radius 3 is 2.40 bits per heavy atom. The van der Waals surface area contributed by atoms with Gasteiger partial charge < -0.3 is 19.5 Å². The van der Waals surface area contributed by atoms with Crippen molar-refractivity contribution in [1.82, 2.24) is 5.32 Å². The zero-order valence-electron chi connectivity index (χ0n) is 13.1. The first-order valence-corrected chi connectivity index (χ1v) is 7.19. The second-order valence-corrected chi connectivity index (χ2v) is 5.71. The molecule has 1 N–H and O–H groups in total. The SMILES string of the molecule is COc1ccc(C2(C)CCCN2)c(OC(C)C)c1OC. The second-order valence-electron chi connectivity index (χ2n) is 5.71. The van der Waals surface area contributed by atoms with E-state index in [1.54, 1.807) is 14.2 Å². The van der Waals surface area contributed by atoms with Crippen molar-refractivity contribution in [2.45, 2.75) is 45.3 Å². The number of hydrogen-bond acceptors (Lipinski definition) is 4. The summed E-state index contributed by atoms with van der Waals surface area (Å²) in [6.07, 6.45) is 2.35. The summed E-state index contributed by atoms with van der Waals surface area (Å²) >= 11 is 0. The highest BCUT2D eigenvalue weighted by molar-refractivity contribution is 5.58. The topological polar surface area (TPSA) is 39.7 Å². The fraction of sp³-hybridized carbons (Fsp3) is 0.625. The molecule has 0 radical (unpaired) electrons. The Balaban J connectivity index is 2.55. The first kappa shape index (κ1) is 15.0. The van der Waals surface area contributed by atoms with Gasteiger partial charge in [0.2, 0.25) is 5.75 Å². The highest BCUT2D eigenvalue weighted by Gasteiger charge is 2.35. The molecule has 1 heterocycles. The summed E-state index contributed by atoms with van der Waals surface area (Å²) in [6.45, 7) is 7.29. The van der Waals surface area contributed by atoms with Crippen LogP contribution in [0.5, 0.6) is 17.2 Å². The van der Waals surface area contributed by atoms with Gasteiger partial charge in [0.05, 0.1) is 20.3 Å². The summed E-state index contributed by atoms with van der Waals surface area (Å²) in [4.78, 5) is 0. The van der Waals surface area contributed by atoms with Crippen molar-refractivity contribution in [2.75, 3.05) is 20.8 Å². The highest BCUT2D eigenvalue weighted by Crippen LogP contribution is 2.46. The van der Waals surface area contributed by atoms with Gasteiger partial charge in [-0.05, 0) is 52.3 Å². The lowest BCUT2D eigenvalue weighted by molar-refractivity contribution is 0.217. The van der Waals surface area contributed by atoms with Crippen molar-refractivity contribution in [3.63, 3.8) is 0 Å². The van der Waals surface area contributed by atoms with Crippen molar-refractivity contribution >= 4 is 0 Å². The number of hydrogen-bond donors (Lipinski definition) is 1. The Labute approximate surface area is 121 Å². The molecule has 1 fully saturated rings. The van der Waals surface area contributed by atoms with Gasteiger partial charge in [-0.1, -0.05) is 0 Å². The van der Waals surface area contributed by atoms with Crippen LogP contribution in [0.15, 0.2) is 12.1 Å². The molecule has 1 aromatic rings. The summed E-state index contributed by atoms with van der Waals surface area (Å²) in [6, 6.07) is 4.03. The van der Waals surface area contributed by atoms with E-state index in [0.717, 1.165) is 24.3 Å². The molecule has 0 spiro atoms. The quantitative estimate of drug-likeness (QED) is 0.899. The minimum atomic E-state index is -0.0657. The van der Waals surface area contributed by atoms with Crippen molar-refractivity contribution < 1.29 is 14.2 Å². The van der Waals surface area contributed by atoms with Crippen molar-refractivity contribution in [3.05, 3.63) is 17.7 Å². The fourth-order valence-corrected chi connectivity index (χ4v) is 2.81. The van der Waals surface area contributed by atoms with Gasteiger partial charge in [-0.3, -0.25) is 0 Å². The molecule has 4 nitrogen and oxygen atoms in total. The number of benzene rings is 1. The van der Waals surface area contributed by atoms with E-state index in [9.17, 15) is 0 Å². The molecule has 1 unspecified atom stereocenters. The van der Waals surface area contributed by atoms with E-state index in [1.807, 2.05) is 19.9 Å². The van der Waals surface area contributed by atoms with Gasteiger partial charge in [0.25, 0.3) is 0 Å². The van der Waals surface area contributed by atoms with E-state index >= 15 is 0 Å². The smallest absolute Gasteiger partial charge is 0.203 e. The predicted octanol–water partition coefficient (Wildman–Crippen LogP) is 3.09. The molecule has 112 valence electrons. The van der Waals surface area contributed by atoms with Gasteiger partial charge >= 0.3 is 0 Å². The second kappa shape index (κ2) is 5.92. The summed E-state index contributed by atoms with van der Waals surface area (Å²) in [5, 5.41) is 3.58. The summed E-state index contributed by atoms with van der Waals surface area (Å²) < 4.78 is 17.0. The zero-order valence-corrected chi connectivity index (χ0v) is 13.1. The molecule has 0 bridgehead atoms. The zero-order chi connectivity index (χ0) is 14.8. The van der Waals surface area contributed by atoms with Crippen molar-refractivity contribution in [1.29, 1.82) is 0 Å². The monoisotopic (exact) mass is 279 g/mol. The molecule has 20 heavy (non-hydrogen) atoms. The molecule has 2 rings (SSSR count). The molecule has 1 aromatic carbocycles. The summed E-state index contributed by atoms with van der Waals surface area (Å²) in [7, 11) is 3.30. The fourth-order valence-electron chi connectivity index (χ4n) is 2.81. The molecule has 0 saturated carbocycles. The lowest BCUT2D eigenvalue weighted by atomic mass is 9.89. The molecule has 0 aromatic heterocycles. The lowest BCUT2D eigenvalue weighted by Crippen LogP contribution is -2.34. The molecular formula is C16H25NO3. The number of methoxy groups -OCH3 is 2. The largest absolute Gasteiger partial charge is 0.493 e. The Hall–Kier alpha value is -1.42. The van der Waals surface area contributed by atoms with E-state index in [1.165, 1.54) is 6.42 Å². The molecule has 0 aliphatic carbocycles. The van der Waals surface area contributed by atoms with Gasteiger partial charge in [0, 0.05) is 11.1 Å². The molecule has 4 heteroatoms. The number of ether oxygens (including phenoxy) is 3. The third kappa shape index (κ3) is 2.70. The first-order chi connectivity index (χ1) is 9.51. The predicted molar refractivity (Wildman–Crippen MR) is 79.9 cm³/mol. The average Bonchev–Trinajstić information content (AvgIpc) is 2.85. The molecular weight excluding hydrogens is 254 g/mol. The lowest BCUT2D eigenvalue weighted by Gasteiger charge is -2.29. The maximum absolute atomic E-state index is 6.04. The molecule has 0 amide bonds. The average molecular weight is 279 g/mol. The Kier molecular flexibility index (Phi) is 4.43. The van der Waals surface area contributed by atoms with Crippen LogP contribution in [0, 0.1) is 0 Å². The maximum Gasteiger partial charge on any atom is 0.203 e. The normalized spacial score (nSPS) is 22.1. The third-order valence-electron chi connectivity index (χ3n) is 3.82. The molecule has 1 atom stereocenters. The molecule has 1 aliphatic rings. The standard InChI is InChI=1S/C16H25NO3/c1-11(2)20-14-12(16(3)9-6-10-17-16)7-8-13(18-4)15(14)19-5/h7-8,11,17H,6,9-10H2,1-5H3. The first-order valence-electron chi connectivity index (χ1n) is 7.19. The van der Waals surface area contributed by atoms with Crippen LogP contribution in [0.2, 0.25) is 0 Å². The number of nitrogens with one attached hydrogen (secondary N) is 1. The van der Waals surface area contributed by atoms with E-state index in [0.29, 0.717) is 11.5 Å². The van der Waals surface area contributed by atoms with E-state index in [4.69, 9.17) is 14.2 Å². The van der Waals surface area contributed by atoms with Crippen LogP contribution in [-0.2, 0) is 5.54 Å². The van der Waals surface area contributed by atoms with Gasteiger partial charge in [-0.15, -0.1) is 0 Å². The minimum Gasteiger partial charge on any atom is -0.493 e. The molecule has 1 aliphatic heterocycles. The molecule has 1 saturated heterocycles. The van der Waals surface area contributed by atoms with E-state index in [2.05, 4.69) is 18.3 Å². The van der Waals surface area contributed by atoms with E-state index < -0.39 is 0 Å².